The number of carbonyl (C=O) groups excluding carboxylic acids is 2. The summed E-state index contributed by atoms with van der Waals surface area (Å²) in [7, 11) is 3.39. The van der Waals surface area contributed by atoms with Gasteiger partial charge in [-0.2, -0.15) is 0 Å². The van der Waals surface area contributed by atoms with Crippen molar-refractivity contribution >= 4 is 11.7 Å². The van der Waals surface area contributed by atoms with Gasteiger partial charge in [0, 0.05) is 32.0 Å². The van der Waals surface area contributed by atoms with Crippen LogP contribution >= 0.6 is 0 Å². The summed E-state index contributed by atoms with van der Waals surface area (Å²) in [5.41, 5.74) is 1.53. The van der Waals surface area contributed by atoms with Gasteiger partial charge in [0.1, 0.15) is 11.6 Å². The molecule has 0 aliphatic carbocycles. The summed E-state index contributed by atoms with van der Waals surface area (Å²) >= 11 is 0. The predicted molar refractivity (Wildman–Crippen MR) is 98.9 cm³/mol. The number of methoxy groups -OCH3 is 1. The van der Waals surface area contributed by atoms with Crippen LogP contribution in [0.2, 0.25) is 0 Å². The highest BCUT2D eigenvalue weighted by atomic mass is 19.1. The molecular formula is C21H24FNO3. The van der Waals surface area contributed by atoms with Gasteiger partial charge in [-0.1, -0.05) is 18.2 Å². The molecule has 2 aromatic carbocycles. The van der Waals surface area contributed by atoms with E-state index in [9.17, 15) is 14.0 Å². The Morgan fingerprint density at radius 3 is 2.42 bits per heavy atom. The maximum atomic E-state index is 12.9. The summed E-state index contributed by atoms with van der Waals surface area (Å²) in [4.78, 5) is 25.9. The van der Waals surface area contributed by atoms with Crippen LogP contribution in [0.25, 0.3) is 0 Å². The third kappa shape index (κ3) is 5.69. The lowest BCUT2D eigenvalue weighted by Crippen LogP contribution is -2.28. The normalized spacial score (nSPS) is 10.4. The van der Waals surface area contributed by atoms with Crippen LogP contribution in [-0.4, -0.2) is 37.3 Å². The Labute approximate surface area is 153 Å². The van der Waals surface area contributed by atoms with Crippen LogP contribution in [0.3, 0.4) is 0 Å². The highest BCUT2D eigenvalue weighted by Gasteiger charge is 2.12. The number of Topliss-reactive ketones (excluding diaryl/α,β-unsaturated/α-hetero) is 1. The molecule has 0 aromatic heterocycles. The largest absolute Gasteiger partial charge is 0.496 e. The molecule has 0 heterocycles. The van der Waals surface area contributed by atoms with E-state index in [-0.39, 0.29) is 23.9 Å². The van der Waals surface area contributed by atoms with Crippen LogP contribution in [-0.2, 0) is 11.2 Å². The third-order valence-corrected chi connectivity index (χ3v) is 4.30. The SMILES string of the molecule is COc1ccccc1CCN(C)C(=O)CCCC(=O)c1ccc(F)cc1. The first-order valence-electron chi connectivity index (χ1n) is 8.66. The zero-order valence-electron chi connectivity index (χ0n) is 15.2. The number of carbonyl (C=O) groups is 2. The van der Waals surface area contributed by atoms with E-state index in [0.717, 1.165) is 11.3 Å². The summed E-state index contributed by atoms with van der Waals surface area (Å²) in [5.74, 6) is 0.382. The van der Waals surface area contributed by atoms with E-state index >= 15 is 0 Å². The van der Waals surface area contributed by atoms with Gasteiger partial charge in [0.25, 0.3) is 0 Å². The molecule has 0 atom stereocenters. The van der Waals surface area contributed by atoms with Gasteiger partial charge in [-0.25, -0.2) is 4.39 Å². The molecule has 2 rings (SSSR count). The molecule has 0 fully saturated rings. The van der Waals surface area contributed by atoms with Crippen LogP contribution < -0.4 is 4.74 Å². The van der Waals surface area contributed by atoms with Crippen LogP contribution in [0.1, 0.15) is 35.2 Å². The van der Waals surface area contributed by atoms with Crippen LogP contribution in [0.4, 0.5) is 4.39 Å². The minimum Gasteiger partial charge on any atom is -0.496 e. The lowest BCUT2D eigenvalue weighted by atomic mass is 10.1. The Kier molecular flexibility index (Phi) is 7.33. The molecule has 2 aromatic rings. The molecule has 0 bridgehead atoms. The second-order valence-electron chi connectivity index (χ2n) is 6.16. The van der Waals surface area contributed by atoms with Crippen molar-refractivity contribution in [2.24, 2.45) is 0 Å². The highest BCUT2D eigenvalue weighted by Crippen LogP contribution is 2.18. The maximum absolute atomic E-state index is 12.9. The van der Waals surface area contributed by atoms with Crippen LogP contribution in [0.5, 0.6) is 5.75 Å². The van der Waals surface area contributed by atoms with Gasteiger partial charge >= 0.3 is 0 Å². The number of benzene rings is 2. The fourth-order valence-electron chi connectivity index (χ4n) is 2.69. The van der Waals surface area contributed by atoms with E-state index < -0.39 is 0 Å². The van der Waals surface area contributed by atoms with E-state index in [2.05, 4.69) is 0 Å². The van der Waals surface area contributed by atoms with Crippen molar-refractivity contribution in [2.75, 3.05) is 20.7 Å². The summed E-state index contributed by atoms with van der Waals surface area (Å²) in [6.45, 7) is 0.588. The Hall–Kier alpha value is -2.69. The fraction of sp³-hybridized carbons (Fsp3) is 0.333. The molecule has 0 spiro atoms. The molecule has 0 radical (unpaired) electrons. The second-order valence-corrected chi connectivity index (χ2v) is 6.16. The summed E-state index contributed by atoms with van der Waals surface area (Å²) in [6, 6.07) is 13.2. The highest BCUT2D eigenvalue weighted by molar-refractivity contribution is 5.96. The van der Waals surface area contributed by atoms with Gasteiger partial charge in [0.2, 0.25) is 5.91 Å². The number of rotatable bonds is 9. The van der Waals surface area contributed by atoms with Gasteiger partial charge in [-0.15, -0.1) is 0 Å². The van der Waals surface area contributed by atoms with Crippen molar-refractivity contribution < 1.29 is 18.7 Å². The van der Waals surface area contributed by atoms with Crippen molar-refractivity contribution in [3.05, 3.63) is 65.5 Å². The minimum atomic E-state index is -0.367. The fourth-order valence-corrected chi connectivity index (χ4v) is 2.69. The molecular weight excluding hydrogens is 333 g/mol. The lowest BCUT2D eigenvalue weighted by molar-refractivity contribution is -0.129. The lowest BCUT2D eigenvalue weighted by Gasteiger charge is -2.18. The summed E-state index contributed by atoms with van der Waals surface area (Å²) < 4.78 is 18.2. The van der Waals surface area contributed by atoms with E-state index in [1.165, 1.54) is 24.3 Å². The van der Waals surface area contributed by atoms with Gasteiger partial charge in [0.05, 0.1) is 7.11 Å². The quantitative estimate of drug-likeness (QED) is 0.640. The van der Waals surface area contributed by atoms with Crippen molar-refractivity contribution in [3.63, 3.8) is 0 Å². The maximum Gasteiger partial charge on any atom is 0.222 e. The molecule has 0 unspecified atom stereocenters. The molecule has 1 amide bonds. The minimum absolute atomic E-state index is 0.00630. The molecule has 138 valence electrons. The van der Waals surface area contributed by atoms with E-state index in [0.29, 0.717) is 31.4 Å². The molecule has 0 saturated carbocycles. The molecule has 0 aliphatic rings. The number of likely N-dealkylation sites (N-methyl/N-ethyl adjacent to an activating group) is 1. The monoisotopic (exact) mass is 357 g/mol. The third-order valence-electron chi connectivity index (χ3n) is 4.30. The first-order chi connectivity index (χ1) is 12.5. The standard InChI is InChI=1S/C21H24FNO3/c1-23(15-14-17-6-3-4-8-20(17)26-2)21(25)9-5-7-19(24)16-10-12-18(22)13-11-16/h3-4,6,8,10-13H,5,7,9,14-15H2,1-2H3. The van der Waals surface area contributed by atoms with E-state index in [1.807, 2.05) is 24.3 Å². The number of nitrogens with zero attached hydrogens (tertiary/aromatic N) is 1. The topological polar surface area (TPSA) is 46.6 Å². The van der Waals surface area contributed by atoms with Crippen molar-refractivity contribution in [3.8, 4) is 5.75 Å². The van der Waals surface area contributed by atoms with Gasteiger partial charge in [-0.3, -0.25) is 9.59 Å². The molecule has 26 heavy (non-hydrogen) atoms. The van der Waals surface area contributed by atoms with Gasteiger partial charge in [-0.05, 0) is 48.7 Å². The summed E-state index contributed by atoms with van der Waals surface area (Å²) in [6.07, 6.45) is 1.78. The average molecular weight is 357 g/mol. The van der Waals surface area contributed by atoms with E-state index in [4.69, 9.17) is 4.74 Å². The summed E-state index contributed by atoms with van der Waals surface area (Å²) in [5, 5.41) is 0. The van der Waals surface area contributed by atoms with Gasteiger partial charge in [0.15, 0.2) is 5.78 Å². The van der Waals surface area contributed by atoms with Gasteiger partial charge < -0.3 is 9.64 Å². The van der Waals surface area contributed by atoms with E-state index in [1.54, 1.807) is 19.1 Å². The van der Waals surface area contributed by atoms with Crippen molar-refractivity contribution in [1.29, 1.82) is 0 Å². The average Bonchev–Trinajstić information content (AvgIpc) is 2.66. The zero-order chi connectivity index (χ0) is 18.9. The molecule has 0 saturated heterocycles. The first-order valence-corrected chi connectivity index (χ1v) is 8.66. The number of ether oxygens (including phenoxy) is 1. The number of amides is 1. The second kappa shape index (κ2) is 9.70. The molecule has 4 nitrogen and oxygen atoms in total. The van der Waals surface area contributed by atoms with Crippen LogP contribution in [0.15, 0.2) is 48.5 Å². The molecule has 5 heteroatoms. The van der Waals surface area contributed by atoms with Crippen LogP contribution in [0, 0.1) is 5.82 Å². The zero-order valence-corrected chi connectivity index (χ0v) is 15.2. The Bertz CT molecular complexity index is 743. The number of para-hydroxylation sites is 1. The number of ketones is 1. The number of halogens is 1. The predicted octanol–water partition coefficient (Wildman–Crippen LogP) is 3.89. The Balaban J connectivity index is 1.75. The number of hydrogen-bond donors (Lipinski definition) is 0. The first kappa shape index (κ1) is 19.6. The Morgan fingerprint density at radius 1 is 1.04 bits per heavy atom. The Morgan fingerprint density at radius 2 is 1.73 bits per heavy atom. The molecule has 0 N–H and O–H groups in total. The molecule has 0 aliphatic heterocycles. The van der Waals surface area contributed by atoms with Crippen molar-refractivity contribution in [2.45, 2.75) is 25.7 Å². The van der Waals surface area contributed by atoms with Crippen molar-refractivity contribution in [1.82, 2.24) is 4.90 Å². The number of hydrogen-bond acceptors (Lipinski definition) is 3. The smallest absolute Gasteiger partial charge is 0.222 e.